The maximum absolute atomic E-state index is 13.0. The molecule has 0 spiro atoms. The van der Waals surface area contributed by atoms with Crippen LogP contribution in [0.15, 0.2) is 22.7 Å². The second kappa shape index (κ2) is 6.36. The van der Waals surface area contributed by atoms with Gasteiger partial charge in [0.1, 0.15) is 5.82 Å². The second-order valence-corrected chi connectivity index (χ2v) is 5.61. The molecule has 5 heteroatoms. The molecular weight excluding hydrogens is 308 g/mol. The van der Waals surface area contributed by atoms with Crippen LogP contribution >= 0.6 is 27.5 Å². The molecule has 17 heavy (non-hydrogen) atoms. The molecule has 0 aromatic heterocycles. The first-order valence-corrected chi connectivity index (χ1v) is 6.53. The standard InChI is InChI=1S/C12H14BrClFNO/c1-7(14)5-8(2)16-12(17)10-6-9(15)3-4-11(10)13/h3-4,6-8H,5H2,1-2H3,(H,16,17). The molecule has 0 bridgehead atoms. The van der Waals surface area contributed by atoms with Crippen molar-refractivity contribution in [3.63, 3.8) is 0 Å². The first kappa shape index (κ1) is 14.5. The third kappa shape index (κ3) is 4.64. The molecular formula is C12H14BrClFNO. The molecule has 1 aromatic rings. The highest BCUT2D eigenvalue weighted by Gasteiger charge is 2.14. The van der Waals surface area contributed by atoms with Gasteiger partial charge in [-0.25, -0.2) is 4.39 Å². The molecule has 0 heterocycles. The zero-order chi connectivity index (χ0) is 13.0. The number of alkyl halides is 1. The number of hydrogen-bond acceptors (Lipinski definition) is 1. The SMILES string of the molecule is CC(Cl)CC(C)NC(=O)c1cc(F)ccc1Br. The van der Waals surface area contributed by atoms with E-state index in [4.69, 9.17) is 11.6 Å². The van der Waals surface area contributed by atoms with Gasteiger partial charge < -0.3 is 5.32 Å². The van der Waals surface area contributed by atoms with Crippen molar-refractivity contribution in [1.82, 2.24) is 5.32 Å². The van der Waals surface area contributed by atoms with Crippen molar-refractivity contribution < 1.29 is 9.18 Å². The quantitative estimate of drug-likeness (QED) is 0.841. The predicted molar refractivity (Wildman–Crippen MR) is 71.0 cm³/mol. The van der Waals surface area contributed by atoms with Gasteiger partial charge >= 0.3 is 0 Å². The van der Waals surface area contributed by atoms with Crippen LogP contribution in [-0.2, 0) is 0 Å². The third-order valence-corrected chi connectivity index (χ3v) is 3.10. The Morgan fingerprint density at radius 3 is 2.76 bits per heavy atom. The highest BCUT2D eigenvalue weighted by Crippen LogP contribution is 2.18. The molecule has 1 amide bonds. The fourth-order valence-electron chi connectivity index (χ4n) is 1.52. The van der Waals surface area contributed by atoms with E-state index in [9.17, 15) is 9.18 Å². The van der Waals surface area contributed by atoms with E-state index in [-0.39, 0.29) is 17.3 Å². The van der Waals surface area contributed by atoms with Crippen molar-refractivity contribution in [2.24, 2.45) is 0 Å². The molecule has 2 unspecified atom stereocenters. The van der Waals surface area contributed by atoms with Gasteiger partial charge in [0, 0.05) is 15.9 Å². The Morgan fingerprint density at radius 2 is 2.18 bits per heavy atom. The van der Waals surface area contributed by atoms with E-state index in [0.29, 0.717) is 16.5 Å². The van der Waals surface area contributed by atoms with E-state index in [0.717, 1.165) is 0 Å². The van der Waals surface area contributed by atoms with Gasteiger partial charge in [0.2, 0.25) is 0 Å². The smallest absolute Gasteiger partial charge is 0.252 e. The lowest BCUT2D eigenvalue weighted by molar-refractivity contribution is 0.0937. The van der Waals surface area contributed by atoms with Crippen LogP contribution in [0.5, 0.6) is 0 Å². The van der Waals surface area contributed by atoms with Gasteiger partial charge in [-0.15, -0.1) is 11.6 Å². The van der Waals surface area contributed by atoms with Crippen molar-refractivity contribution in [1.29, 1.82) is 0 Å². The lowest BCUT2D eigenvalue weighted by Crippen LogP contribution is -2.34. The van der Waals surface area contributed by atoms with Crippen molar-refractivity contribution >= 4 is 33.4 Å². The summed E-state index contributed by atoms with van der Waals surface area (Å²) in [6.45, 7) is 3.73. The van der Waals surface area contributed by atoms with Crippen LogP contribution in [0.2, 0.25) is 0 Å². The first-order valence-electron chi connectivity index (χ1n) is 5.30. The summed E-state index contributed by atoms with van der Waals surface area (Å²) < 4.78 is 13.6. The molecule has 0 radical (unpaired) electrons. The van der Waals surface area contributed by atoms with Crippen molar-refractivity contribution in [3.05, 3.63) is 34.1 Å². The number of halogens is 3. The van der Waals surface area contributed by atoms with Crippen LogP contribution in [0, 0.1) is 5.82 Å². The minimum absolute atomic E-state index is 0.0127. The van der Waals surface area contributed by atoms with Crippen LogP contribution < -0.4 is 5.32 Å². The van der Waals surface area contributed by atoms with E-state index < -0.39 is 5.82 Å². The summed E-state index contributed by atoms with van der Waals surface area (Å²) >= 11 is 9.06. The Hall–Kier alpha value is -0.610. The number of carbonyl (C=O) groups is 1. The summed E-state index contributed by atoms with van der Waals surface area (Å²) in [5.74, 6) is -0.738. The van der Waals surface area contributed by atoms with Crippen molar-refractivity contribution in [3.8, 4) is 0 Å². The summed E-state index contributed by atoms with van der Waals surface area (Å²) in [6, 6.07) is 3.96. The third-order valence-electron chi connectivity index (χ3n) is 2.23. The van der Waals surface area contributed by atoms with Crippen LogP contribution in [-0.4, -0.2) is 17.3 Å². The maximum Gasteiger partial charge on any atom is 0.252 e. The molecule has 0 saturated heterocycles. The Morgan fingerprint density at radius 1 is 1.53 bits per heavy atom. The Kier molecular flexibility index (Phi) is 5.40. The normalized spacial score (nSPS) is 14.2. The minimum atomic E-state index is -0.434. The molecule has 0 aliphatic rings. The van der Waals surface area contributed by atoms with Crippen LogP contribution in [0.3, 0.4) is 0 Å². The van der Waals surface area contributed by atoms with Gasteiger partial charge in [-0.2, -0.15) is 0 Å². The molecule has 2 atom stereocenters. The number of carbonyl (C=O) groups excluding carboxylic acids is 1. The van der Waals surface area contributed by atoms with E-state index >= 15 is 0 Å². The number of hydrogen-bond donors (Lipinski definition) is 1. The maximum atomic E-state index is 13.0. The Balaban J connectivity index is 2.73. The average molecular weight is 323 g/mol. The fourth-order valence-corrected chi connectivity index (χ4v) is 2.21. The van der Waals surface area contributed by atoms with Crippen molar-refractivity contribution in [2.45, 2.75) is 31.7 Å². The van der Waals surface area contributed by atoms with Gasteiger partial charge in [-0.3, -0.25) is 4.79 Å². The average Bonchev–Trinajstić information content (AvgIpc) is 2.20. The lowest BCUT2D eigenvalue weighted by atomic mass is 10.1. The molecule has 1 N–H and O–H groups in total. The Labute approximate surface area is 114 Å². The van der Waals surface area contributed by atoms with Gasteiger partial charge in [0.05, 0.1) is 5.56 Å². The van der Waals surface area contributed by atoms with Crippen LogP contribution in [0.4, 0.5) is 4.39 Å². The fraction of sp³-hybridized carbons (Fsp3) is 0.417. The van der Waals surface area contributed by atoms with E-state index in [2.05, 4.69) is 21.2 Å². The molecule has 2 nitrogen and oxygen atoms in total. The lowest BCUT2D eigenvalue weighted by Gasteiger charge is -2.15. The monoisotopic (exact) mass is 321 g/mol. The largest absolute Gasteiger partial charge is 0.349 e. The summed E-state index contributed by atoms with van der Waals surface area (Å²) in [5.41, 5.74) is 0.291. The van der Waals surface area contributed by atoms with E-state index in [1.54, 1.807) is 0 Å². The minimum Gasteiger partial charge on any atom is -0.349 e. The van der Waals surface area contributed by atoms with Crippen molar-refractivity contribution in [2.75, 3.05) is 0 Å². The second-order valence-electron chi connectivity index (χ2n) is 4.02. The molecule has 0 aliphatic heterocycles. The van der Waals surface area contributed by atoms with E-state index in [1.807, 2.05) is 13.8 Å². The van der Waals surface area contributed by atoms with Gasteiger partial charge in [0.25, 0.3) is 5.91 Å². The highest BCUT2D eigenvalue weighted by molar-refractivity contribution is 9.10. The molecule has 0 fully saturated rings. The summed E-state index contributed by atoms with van der Waals surface area (Å²) in [7, 11) is 0. The van der Waals surface area contributed by atoms with Gasteiger partial charge in [0.15, 0.2) is 0 Å². The first-order chi connectivity index (χ1) is 7.90. The number of rotatable bonds is 4. The molecule has 94 valence electrons. The molecule has 1 rings (SSSR count). The topological polar surface area (TPSA) is 29.1 Å². The van der Waals surface area contributed by atoms with Crippen LogP contribution in [0.1, 0.15) is 30.6 Å². The van der Waals surface area contributed by atoms with Gasteiger partial charge in [-0.05, 0) is 54.4 Å². The number of amides is 1. The Bertz CT molecular complexity index is 411. The zero-order valence-electron chi connectivity index (χ0n) is 9.64. The van der Waals surface area contributed by atoms with E-state index in [1.165, 1.54) is 18.2 Å². The molecule has 0 saturated carbocycles. The van der Waals surface area contributed by atoms with Gasteiger partial charge in [-0.1, -0.05) is 0 Å². The number of nitrogens with one attached hydrogen (secondary N) is 1. The summed E-state index contributed by atoms with van der Waals surface area (Å²) in [4.78, 5) is 11.9. The molecule has 1 aromatic carbocycles. The van der Waals surface area contributed by atoms with Crippen LogP contribution in [0.25, 0.3) is 0 Å². The summed E-state index contributed by atoms with van der Waals surface area (Å²) in [6.07, 6.45) is 0.667. The number of benzene rings is 1. The predicted octanol–water partition coefficient (Wildman–Crippen LogP) is 3.72. The summed E-state index contributed by atoms with van der Waals surface area (Å²) in [5, 5.41) is 2.76. The molecule has 0 aliphatic carbocycles. The zero-order valence-corrected chi connectivity index (χ0v) is 12.0. The highest BCUT2D eigenvalue weighted by atomic mass is 79.9.